The summed E-state index contributed by atoms with van der Waals surface area (Å²) < 4.78 is 2.21. The summed E-state index contributed by atoms with van der Waals surface area (Å²) in [6.07, 6.45) is 0. The van der Waals surface area contributed by atoms with E-state index in [4.69, 9.17) is 9.97 Å². The van der Waals surface area contributed by atoms with Crippen molar-refractivity contribution in [1.29, 1.82) is 0 Å². The maximum absolute atomic E-state index is 5.21. The van der Waals surface area contributed by atoms with Crippen LogP contribution in [0.2, 0.25) is 0 Å². The van der Waals surface area contributed by atoms with Crippen molar-refractivity contribution in [2.45, 2.75) is 12.3 Å². The van der Waals surface area contributed by atoms with Crippen LogP contribution in [0.1, 0.15) is 27.8 Å². The van der Waals surface area contributed by atoms with Gasteiger partial charge in [0.05, 0.1) is 22.0 Å². The summed E-state index contributed by atoms with van der Waals surface area (Å²) in [5.41, 5.74) is 18.1. The Balaban J connectivity index is 1.09. The molecule has 2 heterocycles. The Morgan fingerprint density at radius 1 is 0.418 bits per heavy atom. The number of nitrogens with zero attached hydrogens (tertiary/aromatic N) is 3. The molecule has 0 aliphatic heterocycles. The molecule has 0 spiro atoms. The molecule has 55 heavy (non-hydrogen) atoms. The van der Waals surface area contributed by atoms with Crippen molar-refractivity contribution >= 4 is 27.6 Å². The van der Waals surface area contributed by atoms with E-state index in [0.717, 1.165) is 44.5 Å². The van der Waals surface area contributed by atoms with E-state index in [1.807, 2.05) is 12.1 Å². The zero-order valence-electron chi connectivity index (χ0n) is 30.3. The third-order valence-corrected chi connectivity index (χ3v) is 11.6. The molecule has 0 unspecified atom stereocenters. The fourth-order valence-corrected chi connectivity index (χ4v) is 8.94. The number of aromatic nitrogens is 3. The number of imidazole rings is 1. The summed E-state index contributed by atoms with van der Waals surface area (Å²) in [5, 5.41) is 1.05. The highest BCUT2D eigenvalue weighted by atomic mass is 15.1. The highest BCUT2D eigenvalue weighted by Gasteiger charge is 2.46. The van der Waals surface area contributed by atoms with Gasteiger partial charge >= 0.3 is 0 Å². The Labute approximate surface area is 319 Å². The predicted octanol–water partition coefficient (Wildman–Crippen LogP) is 12.7. The highest BCUT2D eigenvalue weighted by molar-refractivity contribution is 5.98. The van der Waals surface area contributed by atoms with E-state index >= 15 is 0 Å². The number of hydrogen-bond acceptors (Lipinski definition) is 2. The van der Waals surface area contributed by atoms with Gasteiger partial charge in [0.25, 0.3) is 0 Å². The predicted molar refractivity (Wildman–Crippen MR) is 226 cm³/mol. The van der Waals surface area contributed by atoms with Gasteiger partial charge in [-0.05, 0) is 99.0 Å². The number of aryl methyl sites for hydroxylation is 1. The molecule has 10 aromatic rings. The van der Waals surface area contributed by atoms with Crippen molar-refractivity contribution in [2.24, 2.45) is 0 Å². The largest absolute Gasteiger partial charge is 0.276 e. The van der Waals surface area contributed by atoms with Crippen molar-refractivity contribution in [1.82, 2.24) is 14.4 Å². The summed E-state index contributed by atoms with van der Waals surface area (Å²) in [6.45, 7) is 2.14. The van der Waals surface area contributed by atoms with Gasteiger partial charge in [-0.1, -0.05) is 163 Å². The molecule has 1 aliphatic carbocycles. The van der Waals surface area contributed by atoms with E-state index in [2.05, 4.69) is 193 Å². The number of rotatable bonds is 5. The standard InChI is InChI=1S/C52H35N3/c1-34-20-22-35(23-21-34)38-28-30-42-43-31-29-39(33-46(43)52(45(42)32-38,40-12-4-2-5-13-40)41-14-6-3-7-15-41)36-24-26-37(27-25-36)50-53-47-17-9-8-16-44(47)51-54-48-18-10-11-19-49(48)55(50)51/h2-33H,1H3. The van der Waals surface area contributed by atoms with Crippen molar-refractivity contribution in [2.75, 3.05) is 0 Å². The maximum Gasteiger partial charge on any atom is 0.149 e. The molecule has 0 bridgehead atoms. The van der Waals surface area contributed by atoms with Crippen molar-refractivity contribution < 1.29 is 0 Å². The first-order valence-electron chi connectivity index (χ1n) is 18.9. The van der Waals surface area contributed by atoms with Gasteiger partial charge in [-0.25, -0.2) is 9.97 Å². The Hall–Kier alpha value is -7.10. The van der Waals surface area contributed by atoms with E-state index < -0.39 is 5.41 Å². The molecule has 258 valence electrons. The molecule has 3 nitrogen and oxygen atoms in total. The topological polar surface area (TPSA) is 30.2 Å². The molecule has 0 radical (unpaired) electrons. The van der Waals surface area contributed by atoms with Crippen LogP contribution in [0.5, 0.6) is 0 Å². The summed E-state index contributed by atoms with van der Waals surface area (Å²) in [4.78, 5) is 10.3. The zero-order chi connectivity index (χ0) is 36.5. The van der Waals surface area contributed by atoms with Crippen molar-refractivity contribution in [3.63, 3.8) is 0 Å². The average molecular weight is 702 g/mol. The molecule has 0 atom stereocenters. The van der Waals surface area contributed by atoms with Crippen LogP contribution in [0.15, 0.2) is 194 Å². The Kier molecular flexibility index (Phi) is 6.99. The van der Waals surface area contributed by atoms with E-state index in [1.165, 1.54) is 55.6 Å². The van der Waals surface area contributed by atoms with E-state index in [0.29, 0.717) is 0 Å². The molecule has 0 amide bonds. The highest BCUT2D eigenvalue weighted by Crippen LogP contribution is 2.57. The monoisotopic (exact) mass is 701 g/mol. The zero-order valence-corrected chi connectivity index (χ0v) is 30.3. The normalized spacial score (nSPS) is 13.0. The third-order valence-electron chi connectivity index (χ3n) is 11.6. The van der Waals surface area contributed by atoms with Gasteiger partial charge in [0.2, 0.25) is 0 Å². The minimum Gasteiger partial charge on any atom is -0.276 e. The van der Waals surface area contributed by atoms with E-state index in [1.54, 1.807) is 0 Å². The van der Waals surface area contributed by atoms with Crippen molar-refractivity contribution in [3.8, 4) is 44.8 Å². The number of fused-ring (bicyclic) bond motifs is 8. The minimum absolute atomic E-state index is 0.507. The molecule has 3 heteroatoms. The van der Waals surface area contributed by atoms with Crippen LogP contribution in [0.25, 0.3) is 72.4 Å². The molecule has 0 saturated heterocycles. The molecule has 11 rings (SSSR count). The van der Waals surface area contributed by atoms with Crippen LogP contribution in [-0.4, -0.2) is 14.4 Å². The Bertz CT molecular complexity index is 3030. The molecule has 0 saturated carbocycles. The minimum atomic E-state index is -0.507. The van der Waals surface area contributed by atoms with Gasteiger partial charge in [0, 0.05) is 10.9 Å². The summed E-state index contributed by atoms with van der Waals surface area (Å²) >= 11 is 0. The maximum atomic E-state index is 5.21. The molecule has 1 aliphatic rings. The first-order valence-corrected chi connectivity index (χ1v) is 18.9. The van der Waals surface area contributed by atoms with Gasteiger partial charge in [0.15, 0.2) is 0 Å². The first kappa shape index (κ1) is 31.4. The number of para-hydroxylation sites is 3. The second-order valence-electron chi connectivity index (χ2n) is 14.7. The summed E-state index contributed by atoms with van der Waals surface area (Å²) in [7, 11) is 0. The van der Waals surface area contributed by atoms with Crippen LogP contribution >= 0.6 is 0 Å². The summed E-state index contributed by atoms with van der Waals surface area (Å²) in [5.74, 6) is 0.884. The van der Waals surface area contributed by atoms with Crippen LogP contribution < -0.4 is 0 Å². The Morgan fingerprint density at radius 2 is 0.909 bits per heavy atom. The first-order chi connectivity index (χ1) is 27.2. The smallest absolute Gasteiger partial charge is 0.149 e. The van der Waals surface area contributed by atoms with E-state index in [9.17, 15) is 0 Å². The molecule has 8 aromatic carbocycles. The molecule has 0 fully saturated rings. The van der Waals surface area contributed by atoms with Crippen LogP contribution in [-0.2, 0) is 5.41 Å². The lowest BCUT2D eigenvalue weighted by atomic mass is 9.67. The van der Waals surface area contributed by atoms with Crippen LogP contribution in [0, 0.1) is 6.92 Å². The Morgan fingerprint density at radius 3 is 1.53 bits per heavy atom. The van der Waals surface area contributed by atoms with Gasteiger partial charge in [0.1, 0.15) is 11.5 Å². The van der Waals surface area contributed by atoms with Crippen molar-refractivity contribution in [3.05, 3.63) is 222 Å². The fourth-order valence-electron chi connectivity index (χ4n) is 8.94. The lowest BCUT2D eigenvalue weighted by Gasteiger charge is -2.34. The van der Waals surface area contributed by atoms with Crippen LogP contribution in [0.4, 0.5) is 0 Å². The van der Waals surface area contributed by atoms with Gasteiger partial charge in [-0.2, -0.15) is 0 Å². The lowest BCUT2D eigenvalue weighted by Crippen LogP contribution is -2.28. The lowest BCUT2D eigenvalue weighted by molar-refractivity contribution is 0.769. The number of hydrogen-bond donors (Lipinski definition) is 0. The molecule has 0 N–H and O–H groups in total. The molecular formula is C52H35N3. The quantitative estimate of drug-likeness (QED) is 0.179. The SMILES string of the molecule is Cc1ccc(-c2ccc3c(c2)C(c2ccccc2)(c2ccccc2)c2cc(-c4ccc(-c5nc6ccccc6c6nc7ccccc7n56)cc4)ccc2-3)cc1. The third kappa shape index (κ3) is 4.76. The van der Waals surface area contributed by atoms with Gasteiger partial charge in [-0.15, -0.1) is 0 Å². The second-order valence-corrected chi connectivity index (χ2v) is 14.7. The van der Waals surface area contributed by atoms with Crippen LogP contribution in [0.3, 0.4) is 0 Å². The molecular weight excluding hydrogens is 667 g/mol. The fraction of sp³-hybridized carbons (Fsp3) is 0.0385. The second kappa shape index (κ2) is 12.2. The van der Waals surface area contributed by atoms with Gasteiger partial charge in [-0.3, -0.25) is 4.40 Å². The summed E-state index contributed by atoms with van der Waals surface area (Å²) in [6, 6.07) is 70.6. The number of benzene rings is 8. The van der Waals surface area contributed by atoms with Gasteiger partial charge < -0.3 is 0 Å². The molecule has 2 aromatic heterocycles. The average Bonchev–Trinajstić information content (AvgIpc) is 3.78. The van der Waals surface area contributed by atoms with E-state index in [-0.39, 0.29) is 0 Å².